The summed E-state index contributed by atoms with van der Waals surface area (Å²) in [4.78, 5) is 37.6. The van der Waals surface area contributed by atoms with Gasteiger partial charge in [0.1, 0.15) is 10.9 Å². The molecule has 2 fully saturated rings. The number of amides is 2. The number of β-lactam (4-membered cyclic amide) rings is 1. The Balaban J connectivity index is 0.00000225. The first-order chi connectivity index (χ1) is 11.2. The number of carbonyl (C=O) groups is 3. The van der Waals surface area contributed by atoms with E-state index in [0.29, 0.717) is 0 Å². The molecule has 0 saturated carbocycles. The number of nitrogens with one attached hydrogen (secondary N) is 1. The summed E-state index contributed by atoms with van der Waals surface area (Å²) in [6.45, 7) is 5.20. The average Bonchev–Trinajstić information content (AvgIpc) is 2.77. The molecule has 25 heavy (non-hydrogen) atoms. The van der Waals surface area contributed by atoms with Gasteiger partial charge in [-0.1, -0.05) is 30.3 Å². The monoisotopic (exact) mass is 370 g/mol. The Bertz CT molecular complexity index is 712. The Morgan fingerprint density at radius 3 is 2.40 bits per heavy atom. The second-order valence-corrected chi connectivity index (χ2v) is 8.65. The van der Waals surface area contributed by atoms with Gasteiger partial charge in [0, 0.05) is 4.75 Å². The molecule has 0 aliphatic carbocycles. The van der Waals surface area contributed by atoms with Gasteiger partial charge >= 0.3 is 29.6 Å². The van der Waals surface area contributed by atoms with Crippen LogP contribution in [0.5, 0.6) is 0 Å². The number of carboxylic acid groups (broad SMARTS) is 1. The van der Waals surface area contributed by atoms with Gasteiger partial charge in [-0.15, -0.1) is 11.8 Å². The van der Waals surface area contributed by atoms with Gasteiger partial charge in [0.05, 0.1) is 18.4 Å². The Labute approximate surface area is 173 Å². The predicted octanol–water partition coefficient (Wildman–Crippen LogP) is -3.08. The number of carboxylic acids is 1. The minimum Gasteiger partial charge on any atom is -0.548 e. The molecule has 2 aliphatic heterocycles. The quantitative estimate of drug-likeness (QED) is 0.449. The van der Waals surface area contributed by atoms with Gasteiger partial charge in [0.25, 0.3) is 5.91 Å². The third-order valence-electron chi connectivity index (χ3n) is 4.61. The van der Waals surface area contributed by atoms with E-state index in [4.69, 9.17) is 0 Å². The van der Waals surface area contributed by atoms with Crippen LogP contribution in [0.25, 0.3) is 0 Å². The largest absolute Gasteiger partial charge is 1.00 e. The molecule has 2 aliphatic rings. The predicted molar refractivity (Wildman–Crippen MR) is 87.8 cm³/mol. The summed E-state index contributed by atoms with van der Waals surface area (Å²) in [5.74, 6) is -1.89. The third kappa shape index (κ3) is 3.35. The van der Waals surface area contributed by atoms with Crippen LogP contribution in [0.2, 0.25) is 0 Å². The Morgan fingerprint density at radius 2 is 1.84 bits per heavy atom. The molecule has 3 rings (SSSR count). The average molecular weight is 370 g/mol. The fraction of sp³-hybridized carbons (Fsp3) is 0.471. The van der Waals surface area contributed by atoms with E-state index in [1.165, 1.54) is 16.7 Å². The van der Waals surface area contributed by atoms with Crippen molar-refractivity contribution in [1.29, 1.82) is 0 Å². The van der Waals surface area contributed by atoms with Crippen molar-refractivity contribution in [1.82, 2.24) is 10.2 Å². The molecule has 6 nitrogen and oxygen atoms in total. The summed E-state index contributed by atoms with van der Waals surface area (Å²) >= 11 is 1.38. The fourth-order valence-electron chi connectivity index (χ4n) is 3.43. The zero-order valence-corrected chi connectivity index (χ0v) is 17.6. The summed E-state index contributed by atoms with van der Waals surface area (Å²) in [6, 6.07) is 8.26. The van der Waals surface area contributed by atoms with Crippen LogP contribution >= 0.6 is 11.8 Å². The second-order valence-electron chi connectivity index (χ2n) is 6.92. The molecule has 1 aromatic carbocycles. The van der Waals surface area contributed by atoms with E-state index >= 15 is 0 Å². The van der Waals surface area contributed by atoms with Crippen molar-refractivity contribution in [3.63, 3.8) is 0 Å². The summed E-state index contributed by atoms with van der Waals surface area (Å²) in [7, 11) is 0. The van der Waals surface area contributed by atoms with Gasteiger partial charge in [0.15, 0.2) is 0 Å². The first kappa shape index (κ1) is 20.3. The van der Waals surface area contributed by atoms with E-state index in [0.717, 1.165) is 5.56 Å². The maximum absolute atomic E-state index is 12.6. The van der Waals surface area contributed by atoms with Crippen LogP contribution in [0.15, 0.2) is 30.3 Å². The topological polar surface area (TPSA) is 89.5 Å². The molecular formula is C17H19N2NaO4S. The van der Waals surface area contributed by atoms with E-state index in [-0.39, 0.29) is 47.8 Å². The maximum atomic E-state index is 12.6. The van der Waals surface area contributed by atoms with Crippen molar-refractivity contribution >= 4 is 29.5 Å². The molecule has 2 heterocycles. The number of nitrogens with zero attached hydrogens (tertiary/aromatic N) is 1. The first-order valence-electron chi connectivity index (χ1n) is 7.73. The Kier molecular flexibility index (Phi) is 5.64. The summed E-state index contributed by atoms with van der Waals surface area (Å²) in [5, 5.41) is 13.8. The maximum Gasteiger partial charge on any atom is 1.00 e. The summed E-state index contributed by atoms with van der Waals surface area (Å²) < 4.78 is -0.666. The molecule has 0 spiro atoms. The zero-order valence-electron chi connectivity index (χ0n) is 14.7. The van der Waals surface area contributed by atoms with Crippen LogP contribution in [-0.4, -0.2) is 44.4 Å². The molecule has 0 unspecified atom stereocenters. The normalized spacial score (nSPS) is 29.2. The Hall–Kier alpha value is -1.02. The molecule has 0 radical (unpaired) electrons. The molecule has 3 atom stereocenters. The first-order valence-corrected chi connectivity index (χ1v) is 8.61. The van der Waals surface area contributed by atoms with Gasteiger partial charge in [-0.2, -0.15) is 0 Å². The number of carbonyl (C=O) groups excluding carboxylic acids is 3. The minimum atomic E-state index is -1.26. The van der Waals surface area contributed by atoms with Crippen LogP contribution in [-0.2, 0) is 20.8 Å². The molecule has 0 bridgehead atoms. The molecular weight excluding hydrogens is 351 g/mol. The SMILES string of the molecule is CC1(C)S[C@H]2N(C(=O)[C@]2(C)NC(=O)Cc2ccccc2)[C@H]1C(=O)[O-].[Na+]. The van der Waals surface area contributed by atoms with E-state index in [2.05, 4.69) is 5.32 Å². The number of fused-ring (bicyclic) bond motifs is 1. The molecule has 1 N–H and O–H groups in total. The van der Waals surface area contributed by atoms with E-state index in [9.17, 15) is 19.5 Å². The smallest absolute Gasteiger partial charge is 0.548 e. The molecule has 0 aromatic heterocycles. The molecule has 1 aromatic rings. The van der Waals surface area contributed by atoms with E-state index in [1.54, 1.807) is 20.8 Å². The second kappa shape index (κ2) is 6.95. The van der Waals surface area contributed by atoms with Gasteiger partial charge in [0.2, 0.25) is 5.91 Å². The summed E-state index contributed by atoms with van der Waals surface area (Å²) in [5.41, 5.74) is -0.230. The molecule has 2 saturated heterocycles. The van der Waals surface area contributed by atoms with Crippen LogP contribution in [0, 0.1) is 0 Å². The fourth-order valence-corrected chi connectivity index (χ4v) is 5.07. The van der Waals surface area contributed by atoms with E-state index < -0.39 is 27.7 Å². The van der Waals surface area contributed by atoms with Crippen LogP contribution < -0.4 is 40.0 Å². The van der Waals surface area contributed by atoms with Crippen LogP contribution in [0.3, 0.4) is 0 Å². The standard InChI is InChI=1S/C17H20N2O4S.Na/c1-16(2)12(13(21)22)19-14(23)17(3,15(19)24-16)18-11(20)9-10-7-5-4-6-8-10;/h4-8,12,15H,9H2,1-3H3,(H,18,20)(H,21,22);/q;+1/p-1/t12-,15+,17-;/m0./s1. The van der Waals surface area contributed by atoms with Crippen molar-refractivity contribution in [2.45, 2.75) is 48.9 Å². The van der Waals surface area contributed by atoms with Gasteiger partial charge in [-0.3, -0.25) is 9.59 Å². The molecule has 128 valence electrons. The molecule has 2 amide bonds. The van der Waals surface area contributed by atoms with Crippen LogP contribution in [0.4, 0.5) is 0 Å². The van der Waals surface area contributed by atoms with Crippen molar-refractivity contribution < 1.29 is 49.0 Å². The number of rotatable bonds is 4. The number of aliphatic carboxylic acids is 1. The van der Waals surface area contributed by atoms with Crippen molar-refractivity contribution in [2.24, 2.45) is 0 Å². The van der Waals surface area contributed by atoms with E-state index in [1.807, 2.05) is 30.3 Å². The van der Waals surface area contributed by atoms with Crippen molar-refractivity contribution in [2.75, 3.05) is 0 Å². The Morgan fingerprint density at radius 1 is 1.24 bits per heavy atom. The third-order valence-corrected chi connectivity index (χ3v) is 6.36. The number of hydrogen-bond donors (Lipinski definition) is 1. The van der Waals surface area contributed by atoms with Crippen molar-refractivity contribution in [3.05, 3.63) is 35.9 Å². The number of hydrogen-bond acceptors (Lipinski definition) is 5. The minimum absolute atomic E-state index is 0. The number of thioether (sulfide) groups is 1. The van der Waals surface area contributed by atoms with Gasteiger partial charge in [-0.25, -0.2) is 0 Å². The molecule has 8 heteroatoms. The van der Waals surface area contributed by atoms with Crippen LogP contribution in [0.1, 0.15) is 26.3 Å². The number of benzene rings is 1. The van der Waals surface area contributed by atoms with Gasteiger partial charge < -0.3 is 20.1 Å². The van der Waals surface area contributed by atoms with Gasteiger partial charge in [-0.05, 0) is 26.3 Å². The van der Waals surface area contributed by atoms with Crippen molar-refractivity contribution in [3.8, 4) is 0 Å². The zero-order chi connectivity index (χ0) is 17.7. The summed E-state index contributed by atoms with van der Waals surface area (Å²) in [6.07, 6.45) is 0.175.